The number of alkyl halides is 3. The molecular formula is C20H18ClF3N6O3. The number of carbonyl (C=O) groups excluding carboxylic acids is 2. The number of ether oxygens (including phenoxy) is 1. The van der Waals surface area contributed by atoms with Crippen LogP contribution in [0.25, 0.3) is 5.65 Å². The molecule has 2 aromatic heterocycles. The zero-order valence-corrected chi connectivity index (χ0v) is 17.8. The summed E-state index contributed by atoms with van der Waals surface area (Å²) in [5, 5.41) is 13.6. The van der Waals surface area contributed by atoms with Crippen molar-refractivity contribution in [1.82, 2.24) is 19.8 Å². The van der Waals surface area contributed by atoms with Crippen LogP contribution >= 0.6 is 11.6 Å². The molecule has 33 heavy (non-hydrogen) atoms. The largest absolute Gasteiger partial charge is 0.455 e. The Morgan fingerprint density at radius 3 is 2.55 bits per heavy atom. The van der Waals surface area contributed by atoms with Crippen LogP contribution in [-0.2, 0) is 20.5 Å². The molecule has 4 rings (SSSR count). The molecule has 1 fully saturated rings. The van der Waals surface area contributed by atoms with Gasteiger partial charge >= 0.3 is 12.1 Å². The van der Waals surface area contributed by atoms with Gasteiger partial charge in [-0.15, -0.1) is 15.3 Å². The molecule has 0 radical (unpaired) electrons. The number of nitrogens with zero attached hydrogens (tertiary/aromatic N) is 5. The van der Waals surface area contributed by atoms with E-state index in [1.165, 1.54) is 6.07 Å². The number of halogens is 4. The Morgan fingerprint density at radius 2 is 1.85 bits per heavy atom. The van der Waals surface area contributed by atoms with Crippen LogP contribution in [0.3, 0.4) is 0 Å². The second-order valence-electron chi connectivity index (χ2n) is 7.38. The minimum atomic E-state index is -4.68. The van der Waals surface area contributed by atoms with Crippen LogP contribution in [-0.4, -0.2) is 51.4 Å². The fourth-order valence-corrected chi connectivity index (χ4v) is 3.66. The number of nitrogens with one attached hydrogen (secondary N) is 1. The molecule has 13 heteroatoms. The topological polar surface area (TPSA) is 102 Å². The Morgan fingerprint density at radius 1 is 1.12 bits per heavy atom. The summed E-state index contributed by atoms with van der Waals surface area (Å²) in [4.78, 5) is 26.1. The second-order valence-corrected chi connectivity index (χ2v) is 7.79. The van der Waals surface area contributed by atoms with E-state index in [4.69, 9.17) is 16.3 Å². The summed E-state index contributed by atoms with van der Waals surface area (Å²) < 4.78 is 45.0. The molecule has 174 valence electrons. The zero-order chi connectivity index (χ0) is 23.6. The molecule has 9 nitrogen and oxygen atoms in total. The van der Waals surface area contributed by atoms with Crippen molar-refractivity contribution in [3.05, 3.63) is 47.2 Å². The fraction of sp³-hybridized carbons (Fsp3) is 0.350. The van der Waals surface area contributed by atoms with Crippen molar-refractivity contribution in [3.8, 4) is 0 Å². The lowest BCUT2D eigenvalue weighted by Crippen LogP contribution is -2.38. The van der Waals surface area contributed by atoms with Crippen molar-refractivity contribution in [1.29, 1.82) is 0 Å². The van der Waals surface area contributed by atoms with E-state index in [-0.39, 0.29) is 5.65 Å². The first-order chi connectivity index (χ1) is 15.7. The fourth-order valence-electron chi connectivity index (χ4n) is 3.47. The number of amides is 1. The number of hydrogen-bond acceptors (Lipinski definition) is 7. The Balaban J connectivity index is 1.31. The first kappa shape index (κ1) is 22.8. The summed E-state index contributed by atoms with van der Waals surface area (Å²) in [5.74, 6) is -2.34. The Kier molecular flexibility index (Phi) is 6.36. The number of benzene rings is 1. The third kappa shape index (κ3) is 5.16. The molecule has 1 aliphatic rings. The van der Waals surface area contributed by atoms with Crippen molar-refractivity contribution >= 4 is 40.6 Å². The third-order valence-corrected chi connectivity index (χ3v) is 5.48. The Hall–Kier alpha value is -3.41. The van der Waals surface area contributed by atoms with Gasteiger partial charge in [-0.1, -0.05) is 23.7 Å². The molecule has 1 aromatic carbocycles. The highest BCUT2D eigenvalue weighted by Gasteiger charge is 2.38. The average molecular weight is 483 g/mol. The highest BCUT2D eigenvalue weighted by molar-refractivity contribution is 6.33. The van der Waals surface area contributed by atoms with Gasteiger partial charge in [0, 0.05) is 13.1 Å². The predicted octanol–water partition coefficient (Wildman–Crippen LogP) is 3.19. The van der Waals surface area contributed by atoms with Gasteiger partial charge in [-0.05, 0) is 37.1 Å². The third-order valence-electron chi connectivity index (χ3n) is 5.15. The number of fused-ring (bicyclic) bond motifs is 1. The van der Waals surface area contributed by atoms with Crippen LogP contribution in [0.4, 0.5) is 24.7 Å². The quantitative estimate of drug-likeness (QED) is 0.557. The van der Waals surface area contributed by atoms with Crippen LogP contribution in [0.2, 0.25) is 5.02 Å². The molecule has 1 N–H and O–H groups in total. The van der Waals surface area contributed by atoms with Crippen LogP contribution in [0, 0.1) is 5.92 Å². The number of piperidine rings is 1. The molecule has 3 aromatic rings. The van der Waals surface area contributed by atoms with E-state index in [1.807, 2.05) is 0 Å². The second kappa shape index (κ2) is 9.22. The average Bonchev–Trinajstić information content (AvgIpc) is 3.23. The van der Waals surface area contributed by atoms with E-state index < -0.39 is 36.4 Å². The van der Waals surface area contributed by atoms with Gasteiger partial charge in [0.25, 0.3) is 11.7 Å². The summed E-state index contributed by atoms with van der Waals surface area (Å²) in [6, 6.07) is 9.64. The van der Waals surface area contributed by atoms with Gasteiger partial charge in [-0.25, -0.2) is 0 Å². The summed E-state index contributed by atoms with van der Waals surface area (Å²) in [6.07, 6.45) is -3.88. The number of hydrogen-bond donors (Lipinski definition) is 1. The van der Waals surface area contributed by atoms with Gasteiger partial charge in [0.15, 0.2) is 12.3 Å². The first-order valence-electron chi connectivity index (χ1n) is 9.98. The molecule has 1 saturated heterocycles. The maximum atomic E-state index is 13.1. The Labute approximate surface area is 190 Å². The highest BCUT2D eigenvalue weighted by atomic mass is 35.5. The van der Waals surface area contributed by atoms with Crippen LogP contribution < -0.4 is 10.2 Å². The lowest BCUT2D eigenvalue weighted by Gasteiger charge is -2.31. The maximum absolute atomic E-state index is 13.1. The standard InChI is InChI=1S/C20H18ClF3N6O3/c21-13-3-1-2-4-14(13)25-17(31)11-33-18(32)12-7-9-29(10-8-12)16-6-5-15-26-27-19(20(22,23)24)30(15)28-16/h1-6,12H,7-11H2,(H,25,31). The molecular weight excluding hydrogens is 465 g/mol. The number of aromatic nitrogens is 4. The number of esters is 1. The van der Waals surface area contributed by atoms with E-state index in [1.54, 1.807) is 35.2 Å². The van der Waals surface area contributed by atoms with Crippen molar-refractivity contribution < 1.29 is 27.5 Å². The van der Waals surface area contributed by atoms with Crippen LogP contribution in [0.5, 0.6) is 0 Å². The van der Waals surface area contributed by atoms with Crippen LogP contribution in [0.15, 0.2) is 36.4 Å². The molecule has 0 bridgehead atoms. The number of rotatable bonds is 5. The van der Waals surface area contributed by atoms with Crippen molar-refractivity contribution in [2.75, 3.05) is 29.9 Å². The number of anilines is 2. The van der Waals surface area contributed by atoms with E-state index in [9.17, 15) is 22.8 Å². The molecule has 0 spiro atoms. The molecule has 1 amide bonds. The minimum absolute atomic E-state index is 0.0143. The molecule has 0 aliphatic carbocycles. The summed E-state index contributed by atoms with van der Waals surface area (Å²) in [7, 11) is 0. The van der Waals surface area contributed by atoms with Gasteiger partial charge in [0.05, 0.1) is 16.6 Å². The molecule has 0 atom stereocenters. The van der Waals surface area contributed by atoms with Crippen molar-refractivity contribution in [3.63, 3.8) is 0 Å². The Bertz CT molecular complexity index is 1180. The lowest BCUT2D eigenvalue weighted by molar-refractivity contribution is -0.152. The molecule has 0 saturated carbocycles. The lowest BCUT2D eigenvalue weighted by atomic mass is 9.97. The summed E-state index contributed by atoms with van der Waals surface area (Å²) in [5.41, 5.74) is 0.402. The van der Waals surface area contributed by atoms with Gasteiger partial charge < -0.3 is 15.0 Å². The SMILES string of the molecule is O=C(COC(=O)C1CCN(c2ccc3nnc(C(F)(F)F)n3n2)CC1)Nc1ccccc1Cl. The zero-order valence-electron chi connectivity index (χ0n) is 17.0. The van der Waals surface area contributed by atoms with Gasteiger partial charge in [0.2, 0.25) is 0 Å². The smallest absolute Gasteiger partial charge is 0.453 e. The molecule has 0 unspecified atom stereocenters. The van der Waals surface area contributed by atoms with Crippen molar-refractivity contribution in [2.45, 2.75) is 19.0 Å². The van der Waals surface area contributed by atoms with E-state index in [0.717, 1.165) is 0 Å². The van der Waals surface area contributed by atoms with E-state index in [0.29, 0.717) is 47.0 Å². The van der Waals surface area contributed by atoms with E-state index in [2.05, 4.69) is 20.6 Å². The molecule has 3 heterocycles. The maximum Gasteiger partial charge on any atom is 0.453 e. The van der Waals surface area contributed by atoms with Gasteiger partial charge in [0.1, 0.15) is 5.82 Å². The normalized spacial score (nSPS) is 15.0. The number of carbonyl (C=O) groups is 2. The number of para-hydroxylation sites is 1. The molecule has 1 aliphatic heterocycles. The van der Waals surface area contributed by atoms with E-state index >= 15 is 0 Å². The monoisotopic (exact) mass is 482 g/mol. The summed E-state index contributed by atoms with van der Waals surface area (Å²) in [6.45, 7) is 0.317. The van der Waals surface area contributed by atoms with Gasteiger partial charge in [-0.2, -0.15) is 17.7 Å². The summed E-state index contributed by atoms with van der Waals surface area (Å²) >= 11 is 5.98. The van der Waals surface area contributed by atoms with Gasteiger partial charge in [-0.3, -0.25) is 9.59 Å². The highest BCUT2D eigenvalue weighted by Crippen LogP contribution is 2.29. The van der Waals surface area contributed by atoms with Crippen molar-refractivity contribution in [2.24, 2.45) is 5.92 Å². The predicted molar refractivity (Wildman–Crippen MR) is 112 cm³/mol. The van der Waals surface area contributed by atoms with Crippen LogP contribution in [0.1, 0.15) is 18.7 Å². The first-order valence-corrected chi connectivity index (χ1v) is 10.4. The minimum Gasteiger partial charge on any atom is -0.455 e.